The summed E-state index contributed by atoms with van der Waals surface area (Å²) < 4.78 is 5.45. The highest BCUT2D eigenvalue weighted by Gasteiger charge is 2.11. The molecule has 0 aliphatic rings. The van der Waals surface area contributed by atoms with Crippen LogP contribution in [0.25, 0.3) is 0 Å². The highest BCUT2D eigenvalue weighted by atomic mass is 16.5. The minimum atomic E-state index is -0.0786. The van der Waals surface area contributed by atoms with Crippen LogP contribution in [0.4, 0.5) is 0 Å². The lowest BCUT2D eigenvalue weighted by Gasteiger charge is -2.16. The summed E-state index contributed by atoms with van der Waals surface area (Å²) in [7, 11) is 0. The second-order valence-electron chi connectivity index (χ2n) is 6.25. The van der Waals surface area contributed by atoms with E-state index >= 15 is 0 Å². The van der Waals surface area contributed by atoms with Gasteiger partial charge in [0.15, 0.2) is 6.54 Å². The van der Waals surface area contributed by atoms with Gasteiger partial charge in [-0.1, -0.05) is 52.4 Å². The summed E-state index contributed by atoms with van der Waals surface area (Å²) in [5, 5.41) is 1.88. The fraction of sp³-hybridized carbons (Fsp3) is 0.944. The number of nitroso groups, excluding NO2 is 1. The molecule has 4 heteroatoms. The van der Waals surface area contributed by atoms with E-state index in [0.29, 0.717) is 25.5 Å². The summed E-state index contributed by atoms with van der Waals surface area (Å²) in [5.74, 6) is 0.454. The van der Waals surface area contributed by atoms with Crippen LogP contribution < -0.4 is 5.18 Å². The largest absolute Gasteiger partial charge is 0.465 e. The molecule has 0 saturated heterocycles. The van der Waals surface area contributed by atoms with Crippen LogP contribution in [0.2, 0.25) is 0 Å². The maximum Gasteiger partial charge on any atom is 0.305 e. The molecule has 0 bridgehead atoms. The molecule has 0 fully saturated rings. The molecule has 0 saturated carbocycles. The second kappa shape index (κ2) is 16.4. The molecule has 22 heavy (non-hydrogen) atoms. The third kappa shape index (κ3) is 14.0. The van der Waals surface area contributed by atoms with Crippen LogP contribution in [0.3, 0.4) is 0 Å². The highest BCUT2D eigenvalue weighted by Crippen LogP contribution is 2.18. The molecule has 130 valence electrons. The molecule has 1 N–H and O–H groups in total. The Kier molecular flexibility index (Phi) is 15.7. The first kappa shape index (κ1) is 21.1. The Hall–Kier alpha value is -0.930. The number of unbranched alkanes of at least 4 members (excludes halogenated alkanes) is 6. The first-order valence-electron chi connectivity index (χ1n) is 9.25. The fourth-order valence-electron chi connectivity index (χ4n) is 2.59. The van der Waals surface area contributed by atoms with E-state index in [1.807, 2.05) is 5.18 Å². The molecule has 0 amide bonds. The van der Waals surface area contributed by atoms with E-state index in [4.69, 9.17) is 4.74 Å². The average molecular weight is 314 g/mol. The quantitative estimate of drug-likeness (QED) is 0.349. The maximum atomic E-state index is 11.7. The molecular formula is C18H36NO3+. The summed E-state index contributed by atoms with van der Waals surface area (Å²) in [6.07, 6.45) is 12.9. The lowest BCUT2D eigenvalue weighted by molar-refractivity contribution is -0.481. The van der Waals surface area contributed by atoms with Gasteiger partial charge < -0.3 is 4.74 Å². The normalized spacial score (nSPS) is 12.1. The van der Waals surface area contributed by atoms with Crippen molar-refractivity contribution in [3.05, 3.63) is 4.91 Å². The summed E-state index contributed by atoms with van der Waals surface area (Å²) in [5.41, 5.74) is 0. The maximum absolute atomic E-state index is 11.7. The Morgan fingerprint density at radius 2 is 1.59 bits per heavy atom. The van der Waals surface area contributed by atoms with Crippen molar-refractivity contribution < 1.29 is 14.7 Å². The van der Waals surface area contributed by atoms with E-state index in [2.05, 4.69) is 13.8 Å². The molecular weight excluding hydrogens is 278 g/mol. The average Bonchev–Trinajstić information content (AvgIpc) is 2.53. The first-order valence-corrected chi connectivity index (χ1v) is 9.25. The van der Waals surface area contributed by atoms with Gasteiger partial charge in [-0.05, 0) is 36.8 Å². The van der Waals surface area contributed by atoms with Crippen molar-refractivity contribution in [3.8, 4) is 0 Å². The lowest BCUT2D eigenvalue weighted by atomic mass is 9.96. The molecule has 1 atom stereocenters. The number of hydrogen-bond acceptors (Lipinski definition) is 3. The Labute approximate surface area is 136 Å². The number of carbonyl (C=O) groups is 1. The first-order chi connectivity index (χ1) is 10.7. The molecule has 0 aromatic carbocycles. The van der Waals surface area contributed by atoms with Gasteiger partial charge in [-0.15, -0.1) is 0 Å². The van der Waals surface area contributed by atoms with Crippen LogP contribution in [-0.4, -0.2) is 19.1 Å². The number of ether oxygens (including phenoxy) is 1. The molecule has 0 heterocycles. The summed E-state index contributed by atoms with van der Waals surface area (Å²) >= 11 is 0. The summed E-state index contributed by atoms with van der Waals surface area (Å²) in [4.78, 5) is 21.8. The van der Waals surface area contributed by atoms with Gasteiger partial charge in [0.05, 0.1) is 6.61 Å². The zero-order valence-corrected chi connectivity index (χ0v) is 14.7. The third-order valence-electron chi connectivity index (χ3n) is 4.07. The van der Waals surface area contributed by atoms with Gasteiger partial charge in [0.2, 0.25) is 0 Å². The molecule has 0 spiro atoms. The Morgan fingerprint density at radius 3 is 2.27 bits per heavy atom. The lowest BCUT2D eigenvalue weighted by Crippen LogP contribution is -2.64. The number of nitrogens with one attached hydrogen (secondary N) is 1. The van der Waals surface area contributed by atoms with E-state index in [1.54, 1.807) is 0 Å². The molecule has 4 nitrogen and oxygen atoms in total. The van der Waals surface area contributed by atoms with Crippen molar-refractivity contribution in [2.24, 2.45) is 5.92 Å². The number of rotatable bonds is 16. The van der Waals surface area contributed by atoms with E-state index in [9.17, 15) is 9.70 Å². The standard InChI is InChI=1S/C18H35NO3/c1-3-5-7-9-13-17(12-6-4-2)16-22-18(20)14-10-8-11-15-19-21/h17H,3-16H2,1-2H3/p+1. The van der Waals surface area contributed by atoms with Crippen molar-refractivity contribution in [2.45, 2.75) is 90.9 Å². The van der Waals surface area contributed by atoms with E-state index in [-0.39, 0.29) is 5.97 Å². The van der Waals surface area contributed by atoms with Crippen molar-refractivity contribution in [3.63, 3.8) is 0 Å². The minimum Gasteiger partial charge on any atom is -0.465 e. The number of hydrogen-bond donors (Lipinski definition) is 1. The molecule has 1 unspecified atom stereocenters. The number of carbonyl (C=O) groups excluding carboxylic acids is 1. The van der Waals surface area contributed by atoms with E-state index < -0.39 is 0 Å². The zero-order chi connectivity index (χ0) is 16.5. The van der Waals surface area contributed by atoms with Gasteiger partial charge in [0, 0.05) is 17.7 Å². The van der Waals surface area contributed by atoms with Gasteiger partial charge in [0.1, 0.15) is 0 Å². The van der Waals surface area contributed by atoms with E-state index in [0.717, 1.165) is 19.3 Å². The molecule has 0 rings (SSSR count). The molecule has 0 aromatic rings. The third-order valence-corrected chi connectivity index (χ3v) is 4.07. The van der Waals surface area contributed by atoms with Gasteiger partial charge in [0.25, 0.3) is 0 Å². The van der Waals surface area contributed by atoms with Crippen LogP contribution in [-0.2, 0) is 9.53 Å². The van der Waals surface area contributed by atoms with E-state index in [1.165, 1.54) is 51.4 Å². The van der Waals surface area contributed by atoms with Crippen LogP contribution in [0, 0.1) is 10.8 Å². The second-order valence-corrected chi connectivity index (χ2v) is 6.25. The predicted octanol–water partition coefficient (Wildman–Crippen LogP) is 3.71. The van der Waals surface area contributed by atoms with Crippen molar-refractivity contribution in [1.29, 1.82) is 0 Å². The van der Waals surface area contributed by atoms with Crippen LogP contribution >= 0.6 is 0 Å². The zero-order valence-electron chi connectivity index (χ0n) is 14.7. The Bertz CT molecular complexity index is 269. The van der Waals surface area contributed by atoms with Gasteiger partial charge in [-0.3, -0.25) is 4.79 Å². The molecule has 0 aliphatic heterocycles. The Balaban J connectivity index is 3.78. The molecule has 0 aliphatic carbocycles. The highest BCUT2D eigenvalue weighted by molar-refractivity contribution is 5.69. The molecule has 0 radical (unpaired) electrons. The van der Waals surface area contributed by atoms with Crippen LogP contribution in [0.15, 0.2) is 0 Å². The summed E-state index contributed by atoms with van der Waals surface area (Å²) in [6.45, 7) is 5.50. The fourth-order valence-corrected chi connectivity index (χ4v) is 2.59. The monoisotopic (exact) mass is 314 g/mol. The predicted molar refractivity (Wildman–Crippen MR) is 90.4 cm³/mol. The van der Waals surface area contributed by atoms with Gasteiger partial charge in [-0.2, -0.15) is 0 Å². The van der Waals surface area contributed by atoms with Crippen LogP contribution in [0.1, 0.15) is 90.9 Å². The Morgan fingerprint density at radius 1 is 0.909 bits per heavy atom. The smallest absolute Gasteiger partial charge is 0.305 e. The minimum absolute atomic E-state index is 0.0786. The summed E-state index contributed by atoms with van der Waals surface area (Å²) in [6, 6.07) is 0. The van der Waals surface area contributed by atoms with Crippen molar-refractivity contribution in [1.82, 2.24) is 0 Å². The van der Waals surface area contributed by atoms with Crippen molar-refractivity contribution >= 4 is 5.97 Å². The SMILES string of the molecule is CCCCCCC(CCCC)COC(=O)CCCCC[NH+]=O. The number of esters is 1. The van der Waals surface area contributed by atoms with Crippen LogP contribution in [0.5, 0.6) is 0 Å². The molecule has 0 aromatic heterocycles. The van der Waals surface area contributed by atoms with Gasteiger partial charge >= 0.3 is 5.97 Å². The van der Waals surface area contributed by atoms with Gasteiger partial charge in [-0.25, -0.2) is 0 Å². The topological polar surface area (TPSA) is 57.3 Å². The van der Waals surface area contributed by atoms with Crippen molar-refractivity contribution in [2.75, 3.05) is 13.2 Å².